The number of nitriles is 1. The van der Waals surface area contributed by atoms with Crippen molar-refractivity contribution in [3.05, 3.63) is 38.4 Å². The van der Waals surface area contributed by atoms with Gasteiger partial charge < -0.3 is 0 Å². The summed E-state index contributed by atoms with van der Waals surface area (Å²) >= 11 is -0.697. The van der Waals surface area contributed by atoms with Crippen LogP contribution in [0.3, 0.4) is 0 Å². The summed E-state index contributed by atoms with van der Waals surface area (Å²) in [5, 5.41) is 29.3. The van der Waals surface area contributed by atoms with Gasteiger partial charge in [0.1, 0.15) is 0 Å². The van der Waals surface area contributed by atoms with E-state index in [4.69, 9.17) is 5.26 Å². The second kappa shape index (κ2) is 4.50. The van der Waals surface area contributed by atoms with Gasteiger partial charge in [0.05, 0.1) is 0 Å². The molecule has 1 aromatic rings. The summed E-state index contributed by atoms with van der Waals surface area (Å²) in [4.78, 5) is 21.3. The van der Waals surface area contributed by atoms with Crippen LogP contribution in [0.2, 0.25) is 0 Å². The van der Waals surface area contributed by atoms with Crippen LogP contribution in [0.1, 0.15) is 0 Å². The molecule has 15 heavy (non-hydrogen) atoms. The molecule has 0 saturated heterocycles. The fourth-order valence-electron chi connectivity index (χ4n) is 0.897. The average molecular weight is 272 g/mol. The summed E-state index contributed by atoms with van der Waals surface area (Å²) in [6.45, 7) is 0. The van der Waals surface area contributed by atoms with Crippen LogP contribution in [0.25, 0.3) is 0 Å². The predicted octanol–water partition coefficient (Wildman–Crippen LogP) is 0.314. The van der Waals surface area contributed by atoms with E-state index in [9.17, 15) is 20.2 Å². The SMILES string of the molecule is N#C[Se]c1ccc([N+](=O)[O-])cc1[N+](=O)[O-]. The quantitative estimate of drug-likeness (QED) is 0.446. The van der Waals surface area contributed by atoms with Crippen molar-refractivity contribution in [2.24, 2.45) is 0 Å². The molecule has 76 valence electrons. The van der Waals surface area contributed by atoms with E-state index in [1.54, 1.807) is 0 Å². The molecular weight excluding hydrogens is 269 g/mol. The van der Waals surface area contributed by atoms with Gasteiger partial charge in [-0.1, -0.05) is 0 Å². The van der Waals surface area contributed by atoms with Crippen molar-refractivity contribution in [1.29, 1.82) is 5.26 Å². The van der Waals surface area contributed by atoms with Gasteiger partial charge in [0.25, 0.3) is 0 Å². The van der Waals surface area contributed by atoms with Crippen molar-refractivity contribution in [2.75, 3.05) is 0 Å². The molecule has 0 heterocycles. The van der Waals surface area contributed by atoms with Crippen LogP contribution in [0.4, 0.5) is 11.4 Å². The second-order valence-electron chi connectivity index (χ2n) is 2.36. The summed E-state index contributed by atoms with van der Waals surface area (Å²) in [7, 11) is 0. The zero-order valence-corrected chi connectivity index (χ0v) is 8.83. The van der Waals surface area contributed by atoms with E-state index in [1.165, 1.54) is 6.07 Å². The third-order valence-corrected chi connectivity index (χ3v) is 2.88. The zero-order chi connectivity index (χ0) is 11.4. The molecule has 1 rings (SSSR count). The monoisotopic (exact) mass is 273 g/mol. The van der Waals surface area contributed by atoms with Gasteiger partial charge >= 0.3 is 89.3 Å². The first-order valence-corrected chi connectivity index (χ1v) is 5.26. The first-order valence-electron chi connectivity index (χ1n) is 3.55. The maximum absolute atomic E-state index is 10.6. The van der Waals surface area contributed by atoms with E-state index < -0.39 is 24.8 Å². The minimum atomic E-state index is -0.721. The van der Waals surface area contributed by atoms with Gasteiger partial charge in [0.2, 0.25) is 0 Å². The molecule has 0 aliphatic heterocycles. The molecule has 0 aliphatic carbocycles. The van der Waals surface area contributed by atoms with Crippen LogP contribution in [0, 0.1) is 30.5 Å². The number of rotatable bonds is 3. The molecule has 0 N–H and O–H groups in total. The predicted molar refractivity (Wildman–Crippen MR) is 50.8 cm³/mol. The van der Waals surface area contributed by atoms with E-state index in [0.717, 1.165) is 12.1 Å². The van der Waals surface area contributed by atoms with Crippen molar-refractivity contribution in [2.45, 2.75) is 0 Å². The normalized spacial score (nSPS) is 9.27. The maximum atomic E-state index is 10.6. The van der Waals surface area contributed by atoms with E-state index in [0.29, 0.717) is 0 Å². The number of nitrogens with zero attached hydrogens (tertiary/aromatic N) is 3. The van der Waals surface area contributed by atoms with Gasteiger partial charge in [0.15, 0.2) is 0 Å². The minimum absolute atomic E-state index is 0.237. The van der Waals surface area contributed by atoms with Crippen molar-refractivity contribution >= 4 is 30.8 Å². The Hall–Kier alpha value is -1.97. The molecule has 0 unspecified atom stereocenters. The standard InChI is InChI=1S/C7H3N3O4Se/c8-4-15-7-2-1-5(9(11)12)3-6(7)10(13)14/h1-3H. The van der Waals surface area contributed by atoms with Gasteiger partial charge in [-0.2, -0.15) is 0 Å². The molecule has 0 aromatic heterocycles. The Bertz CT molecular complexity index is 468. The Labute approximate surface area is 89.8 Å². The molecule has 0 bridgehead atoms. The Morgan fingerprint density at radius 2 is 1.93 bits per heavy atom. The summed E-state index contributed by atoms with van der Waals surface area (Å²) in [5.41, 5.74) is -0.718. The fourth-order valence-corrected chi connectivity index (χ4v) is 1.89. The molecular formula is C7H3N3O4Se. The topological polar surface area (TPSA) is 110 Å². The molecule has 1 aromatic carbocycles. The average Bonchev–Trinajstić information content (AvgIpc) is 2.18. The van der Waals surface area contributed by atoms with Gasteiger partial charge in [-0.25, -0.2) is 0 Å². The summed E-state index contributed by atoms with van der Waals surface area (Å²) in [6, 6.07) is 3.27. The summed E-state index contributed by atoms with van der Waals surface area (Å²) in [6.07, 6.45) is 0. The van der Waals surface area contributed by atoms with Crippen LogP contribution in [-0.2, 0) is 0 Å². The fraction of sp³-hybridized carbons (Fsp3) is 0. The number of non-ortho nitro benzene ring substituents is 1. The number of hydrogen-bond acceptors (Lipinski definition) is 5. The molecule has 0 amide bonds. The van der Waals surface area contributed by atoms with Gasteiger partial charge in [0, 0.05) is 0 Å². The summed E-state index contributed by atoms with van der Waals surface area (Å²) < 4.78 is 0.237. The number of nitro groups is 2. The van der Waals surface area contributed by atoms with Crippen LogP contribution in [0.5, 0.6) is 0 Å². The van der Waals surface area contributed by atoms with E-state index >= 15 is 0 Å². The van der Waals surface area contributed by atoms with Crippen LogP contribution >= 0.6 is 0 Å². The number of hydrogen-bond donors (Lipinski definition) is 0. The number of benzene rings is 1. The first-order chi connectivity index (χ1) is 7.06. The van der Waals surface area contributed by atoms with Gasteiger partial charge in [-0.05, 0) is 0 Å². The van der Waals surface area contributed by atoms with Crippen LogP contribution < -0.4 is 4.46 Å². The van der Waals surface area contributed by atoms with Crippen molar-refractivity contribution in [3.63, 3.8) is 0 Å². The Morgan fingerprint density at radius 3 is 2.40 bits per heavy atom. The Kier molecular flexibility index (Phi) is 3.33. The third-order valence-electron chi connectivity index (χ3n) is 1.51. The molecule has 0 atom stereocenters. The molecule has 0 radical (unpaired) electrons. The molecule has 0 fully saturated rings. The van der Waals surface area contributed by atoms with Crippen LogP contribution in [-0.4, -0.2) is 24.8 Å². The van der Waals surface area contributed by atoms with Gasteiger partial charge in [-0.3, -0.25) is 0 Å². The van der Waals surface area contributed by atoms with Gasteiger partial charge in [-0.15, -0.1) is 0 Å². The first kappa shape index (κ1) is 11.1. The zero-order valence-electron chi connectivity index (χ0n) is 7.11. The molecule has 0 spiro atoms. The second-order valence-corrected chi connectivity index (χ2v) is 4.09. The van der Waals surface area contributed by atoms with E-state index in [1.807, 2.05) is 4.97 Å². The van der Waals surface area contributed by atoms with Crippen LogP contribution in [0.15, 0.2) is 18.2 Å². The Morgan fingerprint density at radius 1 is 1.27 bits per heavy atom. The number of nitro benzene ring substituents is 2. The molecule has 7 nitrogen and oxygen atoms in total. The molecule has 8 heteroatoms. The van der Waals surface area contributed by atoms with E-state index in [-0.39, 0.29) is 15.8 Å². The molecule has 0 aliphatic rings. The van der Waals surface area contributed by atoms with Crippen molar-refractivity contribution < 1.29 is 9.85 Å². The summed E-state index contributed by atoms with van der Waals surface area (Å²) in [5.74, 6) is 0. The Balaban J connectivity index is 3.28. The van der Waals surface area contributed by atoms with E-state index in [2.05, 4.69) is 0 Å². The van der Waals surface area contributed by atoms with Crippen molar-refractivity contribution in [1.82, 2.24) is 0 Å². The third kappa shape index (κ3) is 2.49. The van der Waals surface area contributed by atoms with Crippen molar-refractivity contribution in [3.8, 4) is 4.97 Å². The molecule has 0 saturated carbocycles.